The van der Waals surface area contributed by atoms with Gasteiger partial charge in [0.25, 0.3) is 0 Å². The Bertz CT molecular complexity index is 322. The van der Waals surface area contributed by atoms with E-state index in [1.165, 1.54) is 25.5 Å². The van der Waals surface area contributed by atoms with E-state index >= 15 is 0 Å². The van der Waals surface area contributed by atoms with Crippen molar-refractivity contribution < 1.29 is 8.42 Å². The maximum Gasteiger partial charge on any atom is 0.211 e. The van der Waals surface area contributed by atoms with Crippen LogP contribution in [0.5, 0.6) is 0 Å². The highest BCUT2D eigenvalue weighted by atomic mass is 32.2. The Kier molecular flexibility index (Phi) is 5.45. The van der Waals surface area contributed by atoms with Crippen molar-refractivity contribution in [3.05, 3.63) is 0 Å². The quantitative estimate of drug-likeness (QED) is 0.763. The van der Waals surface area contributed by atoms with Gasteiger partial charge in [-0.15, -0.1) is 0 Å². The molecule has 0 aromatic rings. The summed E-state index contributed by atoms with van der Waals surface area (Å²) in [5.41, 5.74) is 0. The number of nitrogens with zero attached hydrogens (tertiary/aromatic N) is 1. The largest absolute Gasteiger partial charge is 0.213 e. The molecule has 1 aliphatic heterocycles. The van der Waals surface area contributed by atoms with Gasteiger partial charge in [0.1, 0.15) is 0 Å². The van der Waals surface area contributed by atoms with Gasteiger partial charge in [-0.1, -0.05) is 33.6 Å². The minimum atomic E-state index is -3.00. The summed E-state index contributed by atoms with van der Waals surface area (Å²) in [6, 6.07) is 0. The summed E-state index contributed by atoms with van der Waals surface area (Å²) in [6.07, 6.45) is 5.94. The smallest absolute Gasteiger partial charge is 0.211 e. The van der Waals surface area contributed by atoms with Crippen LogP contribution in [0.3, 0.4) is 0 Å². The van der Waals surface area contributed by atoms with Crippen molar-refractivity contribution in [2.24, 2.45) is 17.8 Å². The zero-order valence-corrected chi connectivity index (χ0v) is 12.5. The molecule has 17 heavy (non-hydrogen) atoms. The first-order valence-electron chi connectivity index (χ1n) is 6.83. The van der Waals surface area contributed by atoms with E-state index in [1.807, 2.05) is 0 Å². The van der Waals surface area contributed by atoms with Crippen LogP contribution < -0.4 is 0 Å². The number of hydrogen-bond acceptors (Lipinski definition) is 2. The summed E-state index contributed by atoms with van der Waals surface area (Å²) in [6.45, 7) is 8.18. The van der Waals surface area contributed by atoms with E-state index < -0.39 is 10.0 Å². The molecule has 0 radical (unpaired) electrons. The maximum atomic E-state index is 11.6. The lowest BCUT2D eigenvalue weighted by molar-refractivity contribution is 0.165. The molecule has 0 amide bonds. The minimum absolute atomic E-state index is 0.545. The fourth-order valence-electron chi connectivity index (χ4n) is 2.77. The minimum Gasteiger partial charge on any atom is -0.213 e. The predicted octanol–water partition coefficient (Wildman–Crippen LogP) is 2.73. The molecule has 0 N–H and O–H groups in total. The third kappa shape index (κ3) is 4.25. The van der Waals surface area contributed by atoms with Crippen LogP contribution in [0.25, 0.3) is 0 Å². The van der Waals surface area contributed by atoms with E-state index in [1.54, 1.807) is 4.31 Å². The van der Waals surface area contributed by atoms with Gasteiger partial charge in [0.2, 0.25) is 10.0 Å². The second kappa shape index (κ2) is 6.19. The molecule has 2 unspecified atom stereocenters. The van der Waals surface area contributed by atoms with Crippen LogP contribution in [0.15, 0.2) is 0 Å². The standard InChI is InChI=1S/C13H27NO2S/c1-5-12(6-2)9-13-10-14(17(4,15)16)8-7-11(13)3/h11-13H,5-10H2,1-4H3. The molecule has 1 heterocycles. The monoisotopic (exact) mass is 261 g/mol. The Morgan fingerprint density at radius 1 is 1.29 bits per heavy atom. The molecule has 0 aromatic heterocycles. The van der Waals surface area contributed by atoms with Crippen LogP contribution in [0.4, 0.5) is 0 Å². The van der Waals surface area contributed by atoms with Crippen LogP contribution >= 0.6 is 0 Å². The second-order valence-electron chi connectivity index (χ2n) is 5.57. The lowest BCUT2D eigenvalue weighted by Gasteiger charge is -2.37. The van der Waals surface area contributed by atoms with E-state index in [4.69, 9.17) is 0 Å². The normalized spacial score (nSPS) is 27.6. The summed E-state index contributed by atoms with van der Waals surface area (Å²) in [5, 5.41) is 0. The SMILES string of the molecule is CCC(CC)CC1CN(S(C)(=O)=O)CCC1C. The zero-order valence-electron chi connectivity index (χ0n) is 11.6. The molecule has 102 valence electrons. The second-order valence-corrected chi connectivity index (χ2v) is 7.55. The number of piperidine rings is 1. The van der Waals surface area contributed by atoms with Gasteiger partial charge in [0, 0.05) is 13.1 Å². The van der Waals surface area contributed by atoms with E-state index in [-0.39, 0.29) is 0 Å². The molecular weight excluding hydrogens is 234 g/mol. The molecular formula is C13H27NO2S. The van der Waals surface area contributed by atoms with E-state index in [0.29, 0.717) is 18.4 Å². The van der Waals surface area contributed by atoms with Crippen molar-refractivity contribution in [2.75, 3.05) is 19.3 Å². The van der Waals surface area contributed by atoms with Gasteiger partial charge in [-0.2, -0.15) is 0 Å². The van der Waals surface area contributed by atoms with Crippen LogP contribution in [0.2, 0.25) is 0 Å². The van der Waals surface area contributed by atoms with E-state index in [2.05, 4.69) is 20.8 Å². The van der Waals surface area contributed by atoms with Gasteiger partial charge < -0.3 is 0 Å². The fraction of sp³-hybridized carbons (Fsp3) is 1.00. The third-order valence-electron chi connectivity index (χ3n) is 4.34. The number of hydrogen-bond donors (Lipinski definition) is 0. The summed E-state index contributed by atoms with van der Waals surface area (Å²) in [5.74, 6) is 1.96. The molecule has 0 bridgehead atoms. The first kappa shape index (κ1) is 15.0. The number of sulfonamides is 1. The molecule has 2 atom stereocenters. The molecule has 1 rings (SSSR count). The van der Waals surface area contributed by atoms with Crippen molar-refractivity contribution in [1.29, 1.82) is 0 Å². The lowest BCUT2D eigenvalue weighted by atomic mass is 9.80. The van der Waals surface area contributed by atoms with Gasteiger partial charge in [0.15, 0.2) is 0 Å². The third-order valence-corrected chi connectivity index (χ3v) is 5.61. The van der Waals surface area contributed by atoms with Gasteiger partial charge in [-0.3, -0.25) is 0 Å². The van der Waals surface area contributed by atoms with Crippen LogP contribution in [0, 0.1) is 17.8 Å². The van der Waals surface area contributed by atoms with Crippen molar-refractivity contribution >= 4 is 10.0 Å². The van der Waals surface area contributed by atoms with E-state index in [9.17, 15) is 8.42 Å². The fourth-order valence-corrected chi connectivity index (χ4v) is 3.67. The molecule has 0 aliphatic carbocycles. The first-order chi connectivity index (χ1) is 7.88. The van der Waals surface area contributed by atoms with Crippen molar-refractivity contribution in [3.8, 4) is 0 Å². The Balaban J connectivity index is 2.63. The Hall–Kier alpha value is -0.0900. The van der Waals surface area contributed by atoms with Crippen LogP contribution in [-0.2, 0) is 10.0 Å². The molecule has 3 nitrogen and oxygen atoms in total. The molecule has 0 aromatic carbocycles. The van der Waals surface area contributed by atoms with Crippen molar-refractivity contribution in [3.63, 3.8) is 0 Å². The summed E-state index contributed by atoms with van der Waals surface area (Å²) in [7, 11) is -3.00. The molecule has 4 heteroatoms. The molecule has 1 saturated heterocycles. The maximum absolute atomic E-state index is 11.6. The van der Waals surface area contributed by atoms with E-state index in [0.717, 1.165) is 18.9 Å². The summed E-state index contributed by atoms with van der Waals surface area (Å²) >= 11 is 0. The zero-order chi connectivity index (χ0) is 13.1. The van der Waals surface area contributed by atoms with Gasteiger partial charge in [-0.25, -0.2) is 12.7 Å². The average Bonchev–Trinajstić information content (AvgIpc) is 2.26. The summed E-state index contributed by atoms with van der Waals surface area (Å²) < 4.78 is 24.8. The predicted molar refractivity (Wildman–Crippen MR) is 72.4 cm³/mol. The Morgan fingerprint density at radius 2 is 1.88 bits per heavy atom. The molecule has 1 fully saturated rings. The Morgan fingerprint density at radius 3 is 2.35 bits per heavy atom. The average molecular weight is 261 g/mol. The first-order valence-corrected chi connectivity index (χ1v) is 8.68. The van der Waals surface area contributed by atoms with Gasteiger partial charge >= 0.3 is 0 Å². The number of rotatable bonds is 5. The summed E-state index contributed by atoms with van der Waals surface area (Å²) in [4.78, 5) is 0. The van der Waals surface area contributed by atoms with Gasteiger partial charge in [0.05, 0.1) is 6.26 Å². The topological polar surface area (TPSA) is 37.4 Å². The highest BCUT2D eigenvalue weighted by molar-refractivity contribution is 7.88. The van der Waals surface area contributed by atoms with Crippen LogP contribution in [-0.4, -0.2) is 32.1 Å². The Labute approximate surface area is 107 Å². The van der Waals surface area contributed by atoms with Crippen molar-refractivity contribution in [1.82, 2.24) is 4.31 Å². The highest BCUT2D eigenvalue weighted by Gasteiger charge is 2.31. The molecule has 0 saturated carbocycles. The highest BCUT2D eigenvalue weighted by Crippen LogP contribution is 2.31. The lowest BCUT2D eigenvalue weighted by Crippen LogP contribution is -2.43. The molecule has 0 spiro atoms. The van der Waals surface area contributed by atoms with Crippen molar-refractivity contribution in [2.45, 2.75) is 46.5 Å². The molecule has 1 aliphatic rings. The van der Waals surface area contributed by atoms with Crippen LogP contribution in [0.1, 0.15) is 46.5 Å². The van der Waals surface area contributed by atoms with Gasteiger partial charge in [-0.05, 0) is 30.6 Å².